The molecule has 2 aromatic rings. The van der Waals surface area contributed by atoms with E-state index in [4.69, 9.17) is 16.7 Å². The predicted molar refractivity (Wildman–Crippen MR) is 82.8 cm³/mol. The Kier molecular flexibility index (Phi) is 4.72. The average Bonchev–Trinajstić information content (AvgIpc) is 2.93. The minimum atomic E-state index is -1.03. The maximum Gasteiger partial charge on any atom is 0.335 e. The van der Waals surface area contributed by atoms with Crippen LogP contribution in [0, 0.1) is 0 Å². The van der Waals surface area contributed by atoms with E-state index in [2.05, 4.69) is 10.3 Å². The molecular weight excluding hydrogens is 312 g/mol. The standard InChI is InChI=1S/C14H11ClN2O3S/c1-16-13(18)11-7-17-12(21-11)5-4-8-2-3-9(14(19)20)6-10(8)15/h2-7H,1H3,(H,16,18)(H,19,20)/b5-4+. The highest BCUT2D eigenvalue weighted by Crippen LogP contribution is 2.22. The number of nitrogens with one attached hydrogen (secondary N) is 1. The summed E-state index contributed by atoms with van der Waals surface area (Å²) in [6.07, 6.45) is 4.94. The second kappa shape index (κ2) is 6.51. The van der Waals surface area contributed by atoms with Crippen LogP contribution in [-0.2, 0) is 0 Å². The molecule has 0 saturated carbocycles. The average molecular weight is 323 g/mol. The van der Waals surface area contributed by atoms with E-state index in [0.717, 1.165) is 0 Å². The Bertz CT molecular complexity index is 725. The zero-order valence-electron chi connectivity index (χ0n) is 11.0. The third-order valence-corrected chi connectivity index (χ3v) is 3.92. The number of carboxylic acid groups (broad SMARTS) is 1. The summed E-state index contributed by atoms with van der Waals surface area (Å²) in [6, 6.07) is 4.49. The van der Waals surface area contributed by atoms with Crippen molar-refractivity contribution in [3.8, 4) is 0 Å². The molecule has 2 rings (SSSR count). The van der Waals surface area contributed by atoms with Gasteiger partial charge in [0.2, 0.25) is 0 Å². The number of hydrogen-bond acceptors (Lipinski definition) is 4. The molecule has 7 heteroatoms. The van der Waals surface area contributed by atoms with Crippen molar-refractivity contribution in [3.05, 3.63) is 50.4 Å². The van der Waals surface area contributed by atoms with Crippen LogP contribution < -0.4 is 5.32 Å². The summed E-state index contributed by atoms with van der Waals surface area (Å²) >= 11 is 7.27. The van der Waals surface area contributed by atoms with Gasteiger partial charge in [-0.15, -0.1) is 11.3 Å². The largest absolute Gasteiger partial charge is 0.478 e. The molecule has 0 unspecified atom stereocenters. The molecule has 1 amide bonds. The van der Waals surface area contributed by atoms with Crippen LogP contribution in [0.1, 0.15) is 30.6 Å². The van der Waals surface area contributed by atoms with Crippen LogP contribution in [0.4, 0.5) is 0 Å². The molecule has 0 atom stereocenters. The zero-order chi connectivity index (χ0) is 15.4. The maximum atomic E-state index is 11.4. The van der Waals surface area contributed by atoms with Gasteiger partial charge in [0, 0.05) is 12.1 Å². The first-order valence-electron chi connectivity index (χ1n) is 5.90. The lowest BCUT2D eigenvalue weighted by molar-refractivity contribution is 0.0696. The van der Waals surface area contributed by atoms with E-state index in [1.54, 1.807) is 25.3 Å². The minimum Gasteiger partial charge on any atom is -0.478 e. The molecule has 0 saturated heterocycles. The molecule has 0 bridgehead atoms. The smallest absolute Gasteiger partial charge is 0.335 e. The molecule has 1 aromatic heterocycles. The SMILES string of the molecule is CNC(=O)c1cnc(/C=C/c2ccc(C(=O)O)cc2Cl)s1. The number of halogens is 1. The summed E-state index contributed by atoms with van der Waals surface area (Å²) in [4.78, 5) is 26.9. The van der Waals surface area contributed by atoms with Crippen molar-refractivity contribution in [2.24, 2.45) is 0 Å². The summed E-state index contributed by atoms with van der Waals surface area (Å²) < 4.78 is 0. The van der Waals surface area contributed by atoms with Gasteiger partial charge in [0.05, 0.1) is 11.8 Å². The van der Waals surface area contributed by atoms with E-state index in [1.165, 1.54) is 29.7 Å². The Morgan fingerprint density at radius 3 is 2.76 bits per heavy atom. The van der Waals surface area contributed by atoms with Crippen molar-refractivity contribution >= 4 is 47.0 Å². The summed E-state index contributed by atoms with van der Waals surface area (Å²) in [5, 5.41) is 12.4. The van der Waals surface area contributed by atoms with E-state index in [0.29, 0.717) is 20.5 Å². The molecule has 0 spiro atoms. The zero-order valence-corrected chi connectivity index (χ0v) is 12.5. The summed E-state index contributed by atoms with van der Waals surface area (Å²) in [5.41, 5.74) is 0.812. The number of benzene rings is 1. The first-order chi connectivity index (χ1) is 10.0. The van der Waals surface area contributed by atoms with Gasteiger partial charge in [-0.2, -0.15) is 0 Å². The molecular formula is C14H11ClN2O3S. The van der Waals surface area contributed by atoms with Crippen LogP contribution in [0.15, 0.2) is 24.4 Å². The van der Waals surface area contributed by atoms with Crippen molar-refractivity contribution < 1.29 is 14.7 Å². The Hall–Kier alpha value is -2.18. The molecule has 1 aromatic carbocycles. The van der Waals surface area contributed by atoms with Crippen LogP contribution in [0.5, 0.6) is 0 Å². The highest BCUT2D eigenvalue weighted by atomic mass is 35.5. The van der Waals surface area contributed by atoms with Gasteiger partial charge in [-0.3, -0.25) is 4.79 Å². The number of carboxylic acids is 1. The van der Waals surface area contributed by atoms with E-state index in [-0.39, 0.29) is 11.5 Å². The lowest BCUT2D eigenvalue weighted by Crippen LogP contribution is -2.16. The topological polar surface area (TPSA) is 79.3 Å². The van der Waals surface area contributed by atoms with Crippen molar-refractivity contribution in [1.29, 1.82) is 0 Å². The van der Waals surface area contributed by atoms with Gasteiger partial charge in [-0.05, 0) is 23.8 Å². The monoisotopic (exact) mass is 322 g/mol. The third-order valence-electron chi connectivity index (χ3n) is 2.63. The van der Waals surface area contributed by atoms with Gasteiger partial charge in [-0.25, -0.2) is 9.78 Å². The van der Waals surface area contributed by atoms with Crippen LogP contribution in [0.25, 0.3) is 12.2 Å². The van der Waals surface area contributed by atoms with Crippen LogP contribution >= 0.6 is 22.9 Å². The van der Waals surface area contributed by atoms with Gasteiger partial charge in [0.1, 0.15) is 9.88 Å². The fourth-order valence-electron chi connectivity index (χ4n) is 1.55. The molecule has 0 aliphatic carbocycles. The molecule has 1 heterocycles. The number of amides is 1. The number of thiazole rings is 1. The molecule has 21 heavy (non-hydrogen) atoms. The van der Waals surface area contributed by atoms with Crippen molar-refractivity contribution in [1.82, 2.24) is 10.3 Å². The molecule has 2 N–H and O–H groups in total. The van der Waals surface area contributed by atoms with Gasteiger partial charge >= 0.3 is 5.97 Å². The summed E-state index contributed by atoms with van der Waals surface area (Å²) in [6.45, 7) is 0. The van der Waals surface area contributed by atoms with E-state index in [9.17, 15) is 9.59 Å². The highest BCUT2D eigenvalue weighted by molar-refractivity contribution is 7.14. The number of aromatic carboxylic acids is 1. The van der Waals surface area contributed by atoms with Crippen molar-refractivity contribution in [2.75, 3.05) is 7.05 Å². The van der Waals surface area contributed by atoms with Crippen LogP contribution in [-0.4, -0.2) is 29.0 Å². The maximum absolute atomic E-state index is 11.4. The van der Waals surface area contributed by atoms with Crippen LogP contribution in [0.3, 0.4) is 0 Å². The second-order valence-corrected chi connectivity index (χ2v) is 5.49. The number of hydrogen-bond donors (Lipinski definition) is 2. The molecule has 0 radical (unpaired) electrons. The van der Waals surface area contributed by atoms with Gasteiger partial charge in [0.15, 0.2) is 0 Å². The first kappa shape index (κ1) is 15.2. The Balaban J connectivity index is 2.19. The van der Waals surface area contributed by atoms with Gasteiger partial charge in [0.25, 0.3) is 5.91 Å². The first-order valence-corrected chi connectivity index (χ1v) is 7.09. The van der Waals surface area contributed by atoms with Crippen molar-refractivity contribution in [2.45, 2.75) is 0 Å². The second-order valence-electron chi connectivity index (χ2n) is 4.02. The van der Waals surface area contributed by atoms with Crippen LogP contribution in [0.2, 0.25) is 5.02 Å². The molecule has 5 nitrogen and oxygen atoms in total. The Labute approximate surface area is 129 Å². The van der Waals surface area contributed by atoms with E-state index >= 15 is 0 Å². The van der Waals surface area contributed by atoms with Gasteiger partial charge in [-0.1, -0.05) is 23.7 Å². The lowest BCUT2D eigenvalue weighted by Gasteiger charge is -1.99. The molecule has 0 aliphatic rings. The lowest BCUT2D eigenvalue weighted by atomic mass is 10.1. The molecule has 0 fully saturated rings. The Morgan fingerprint density at radius 1 is 1.38 bits per heavy atom. The summed E-state index contributed by atoms with van der Waals surface area (Å²) in [5.74, 6) is -1.21. The Morgan fingerprint density at radius 2 is 2.14 bits per heavy atom. The van der Waals surface area contributed by atoms with Gasteiger partial charge < -0.3 is 10.4 Å². The number of rotatable bonds is 4. The number of carbonyl (C=O) groups excluding carboxylic acids is 1. The van der Waals surface area contributed by atoms with Crippen molar-refractivity contribution in [3.63, 3.8) is 0 Å². The number of nitrogens with zero attached hydrogens (tertiary/aromatic N) is 1. The molecule has 108 valence electrons. The highest BCUT2D eigenvalue weighted by Gasteiger charge is 2.08. The molecule has 0 aliphatic heterocycles. The minimum absolute atomic E-state index is 0.133. The summed E-state index contributed by atoms with van der Waals surface area (Å²) in [7, 11) is 1.56. The normalized spacial score (nSPS) is 10.8. The third kappa shape index (κ3) is 3.68. The predicted octanol–water partition coefficient (Wildman–Crippen LogP) is 3.02. The quantitative estimate of drug-likeness (QED) is 0.906. The fraction of sp³-hybridized carbons (Fsp3) is 0.0714. The van der Waals surface area contributed by atoms with E-state index < -0.39 is 5.97 Å². The fourth-order valence-corrected chi connectivity index (χ4v) is 2.56. The van der Waals surface area contributed by atoms with E-state index in [1.807, 2.05) is 0 Å². The number of aromatic nitrogens is 1. The number of carbonyl (C=O) groups is 2.